The Morgan fingerprint density at radius 3 is 2.11 bits per heavy atom. The number of hydrogen-bond acceptors (Lipinski definition) is 3. The highest BCUT2D eigenvalue weighted by Gasteiger charge is 2.15. The van der Waals surface area contributed by atoms with Crippen LogP contribution in [0.2, 0.25) is 0 Å². The molecule has 0 bridgehead atoms. The first-order chi connectivity index (χ1) is 9.27. The first-order valence-corrected chi connectivity index (χ1v) is 8.65. The molecule has 0 N–H and O–H groups in total. The normalized spacial score (nSPS) is 10.9. The van der Waals surface area contributed by atoms with Crippen LogP contribution in [0.3, 0.4) is 0 Å². The minimum absolute atomic E-state index is 0.679. The number of halogens is 1. The summed E-state index contributed by atoms with van der Waals surface area (Å²) < 4.78 is 18.1. The highest BCUT2D eigenvalue weighted by molar-refractivity contribution is 9.10. The average molecular weight is 349 g/mol. The second-order valence-corrected chi connectivity index (χ2v) is 6.12. The maximum Gasteiger partial charge on any atom is 0.397 e. The summed E-state index contributed by atoms with van der Waals surface area (Å²) in [6.07, 6.45) is 4.25. The molecule has 0 heterocycles. The zero-order chi connectivity index (χ0) is 13.9. The lowest BCUT2D eigenvalue weighted by atomic mass is 10.3. The maximum atomic E-state index is 5.81. The lowest BCUT2D eigenvalue weighted by Crippen LogP contribution is -2.00. The van der Waals surface area contributed by atoms with Crippen molar-refractivity contribution in [2.45, 2.75) is 39.5 Å². The first-order valence-electron chi connectivity index (χ1n) is 6.76. The van der Waals surface area contributed by atoms with Crippen LogP contribution in [-0.2, 0) is 9.05 Å². The van der Waals surface area contributed by atoms with Crippen LogP contribution in [0.5, 0.6) is 5.75 Å². The van der Waals surface area contributed by atoms with E-state index in [4.69, 9.17) is 13.6 Å². The summed E-state index contributed by atoms with van der Waals surface area (Å²) in [6, 6.07) is 7.74. The highest BCUT2D eigenvalue weighted by atomic mass is 79.9. The molecule has 108 valence electrons. The Morgan fingerprint density at radius 2 is 1.58 bits per heavy atom. The fraction of sp³-hybridized carbons (Fsp3) is 0.571. The van der Waals surface area contributed by atoms with Crippen molar-refractivity contribution in [2.24, 2.45) is 0 Å². The van der Waals surface area contributed by atoms with Crippen molar-refractivity contribution in [3.63, 3.8) is 0 Å². The number of para-hydroxylation sites is 1. The van der Waals surface area contributed by atoms with Crippen LogP contribution in [0, 0.1) is 0 Å². The second kappa shape index (κ2) is 10.6. The van der Waals surface area contributed by atoms with Gasteiger partial charge < -0.3 is 13.6 Å². The number of hydrogen-bond donors (Lipinski definition) is 0. The maximum absolute atomic E-state index is 5.81. The Morgan fingerprint density at radius 1 is 1.00 bits per heavy atom. The van der Waals surface area contributed by atoms with Gasteiger partial charge in [-0.3, -0.25) is 0 Å². The van der Waals surface area contributed by atoms with Gasteiger partial charge in [0.25, 0.3) is 0 Å². The Hall–Kier alpha value is -0.150. The summed E-state index contributed by atoms with van der Waals surface area (Å²) in [4.78, 5) is 0. The van der Waals surface area contributed by atoms with E-state index in [0.29, 0.717) is 13.2 Å². The van der Waals surface area contributed by atoms with E-state index in [9.17, 15) is 0 Å². The summed E-state index contributed by atoms with van der Waals surface area (Å²) in [5.41, 5.74) is 0. The number of unbranched alkanes of at least 4 members (excludes halogenated alkanes) is 2. The van der Waals surface area contributed by atoms with Gasteiger partial charge in [-0.05, 0) is 40.9 Å². The Balaban J connectivity index is 2.49. The smallest absolute Gasteiger partial charge is 0.397 e. The molecular formula is C14H22BrO3P. The third-order valence-corrected chi connectivity index (χ3v) is 4.19. The topological polar surface area (TPSA) is 27.7 Å². The zero-order valence-corrected chi connectivity index (χ0v) is 14.1. The van der Waals surface area contributed by atoms with Crippen molar-refractivity contribution in [1.29, 1.82) is 0 Å². The molecule has 5 heteroatoms. The molecule has 0 fully saturated rings. The second-order valence-electron chi connectivity index (χ2n) is 4.12. The van der Waals surface area contributed by atoms with Gasteiger partial charge >= 0.3 is 8.60 Å². The third kappa shape index (κ3) is 7.26. The highest BCUT2D eigenvalue weighted by Crippen LogP contribution is 2.43. The number of rotatable bonds is 10. The van der Waals surface area contributed by atoms with Gasteiger partial charge in [0.05, 0.1) is 17.7 Å². The van der Waals surface area contributed by atoms with E-state index in [1.807, 2.05) is 24.3 Å². The van der Waals surface area contributed by atoms with Crippen molar-refractivity contribution in [3.8, 4) is 5.75 Å². The number of benzene rings is 1. The van der Waals surface area contributed by atoms with E-state index in [0.717, 1.165) is 35.9 Å². The molecule has 0 aliphatic rings. The van der Waals surface area contributed by atoms with E-state index in [2.05, 4.69) is 29.8 Å². The van der Waals surface area contributed by atoms with Gasteiger partial charge in [0.2, 0.25) is 0 Å². The molecule has 0 saturated carbocycles. The van der Waals surface area contributed by atoms with Gasteiger partial charge in [-0.15, -0.1) is 0 Å². The standard InChI is InChI=1S/C14H22BrO3P/c1-3-5-11-16-19(17-12-6-4-2)18-14-10-8-7-9-13(14)15/h7-10H,3-6,11-12H2,1-2H3. The first kappa shape index (κ1) is 16.9. The van der Waals surface area contributed by atoms with Gasteiger partial charge in [0.15, 0.2) is 0 Å². The average Bonchev–Trinajstić information content (AvgIpc) is 2.41. The molecule has 0 spiro atoms. The largest absolute Gasteiger partial charge is 0.426 e. The molecule has 0 aliphatic carbocycles. The van der Waals surface area contributed by atoms with Crippen molar-refractivity contribution in [3.05, 3.63) is 28.7 Å². The molecule has 0 aromatic heterocycles. The van der Waals surface area contributed by atoms with Gasteiger partial charge in [-0.2, -0.15) is 0 Å². The fourth-order valence-electron chi connectivity index (χ4n) is 1.26. The Kier molecular flexibility index (Phi) is 9.44. The van der Waals surface area contributed by atoms with Crippen LogP contribution in [0.15, 0.2) is 28.7 Å². The summed E-state index contributed by atoms with van der Waals surface area (Å²) in [5.74, 6) is 0.765. The van der Waals surface area contributed by atoms with Gasteiger partial charge in [0.1, 0.15) is 5.75 Å². The molecule has 0 radical (unpaired) electrons. The predicted molar refractivity (Wildman–Crippen MR) is 83.4 cm³/mol. The molecule has 0 aliphatic heterocycles. The molecule has 3 nitrogen and oxygen atoms in total. The predicted octanol–water partition coefficient (Wildman–Crippen LogP) is 5.69. The van der Waals surface area contributed by atoms with E-state index in [-0.39, 0.29) is 0 Å². The van der Waals surface area contributed by atoms with Crippen molar-refractivity contribution >= 4 is 24.5 Å². The van der Waals surface area contributed by atoms with E-state index >= 15 is 0 Å². The molecular weight excluding hydrogens is 327 g/mol. The molecule has 1 rings (SSSR count). The Bertz CT molecular complexity index is 339. The quantitative estimate of drug-likeness (QED) is 0.401. The molecule has 1 aromatic rings. The summed E-state index contributed by atoms with van der Waals surface area (Å²) in [6.45, 7) is 5.63. The summed E-state index contributed by atoms with van der Waals surface area (Å²) in [7, 11) is -1.31. The van der Waals surface area contributed by atoms with Crippen LogP contribution < -0.4 is 4.52 Å². The summed E-state index contributed by atoms with van der Waals surface area (Å²) >= 11 is 3.46. The van der Waals surface area contributed by atoms with Gasteiger partial charge in [0, 0.05) is 0 Å². The summed E-state index contributed by atoms with van der Waals surface area (Å²) in [5, 5.41) is 0. The van der Waals surface area contributed by atoms with Crippen molar-refractivity contribution < 1.29 is 13.6 Å². The van der Waals surface area contributed by atoms with Gasteiger partial charge in [-0.25, -0.2) is 0 Å². The Labute approximate surface area is 125 Å². The van der Waals surface area contributed by atoms with Crippen molar-refractivity contribution in [2.75, 3.05) is 13.2 Å². The molecule has 0 amide bonds. The van der Waals surface area contributed by atoms with E-state index in [1.54, 1.807) is 0 Å². The van der Waals surface area contributed by atoms with E-state index < -0.39 is 8.60 Å². The third-order valence-electron chi connectivity index (χ3n) is 2.40. The molecule has 0 unspecified atom stereocenters. The monoisotopic (exact) mass is 348 g/mol. The van der Waals surface area contributed by atoms with E-state index in [1.165, 1.54) is 0 Å². The molecule has 0 atom stereocenters. The van der Waals surface area contributed by atoms with Crippen LogP contribution in [0.4, 0.5) is 0 Å². The van der Waals surface area contributed by atoms with Gasteiger partial charge in [-0.1, -0.05) is 38.8 Å². The van der Waals surface area contributed by atoms with Crippen LogP contribution in [0.1, 0.15) is 39.5 Å². The minimum Gasteiger partial charge on any atom is -0.426 e. The molecule has 0 saturated heterocycles. The SMILES string of the molecule is CCCCOP(OCCCC)Oc1ccccc1Br. The fourth-order valence-corrected chi connectivity index (χ4v) is 2.80. The molecule has 1 aromatic carbocycles. The lowest BCUT2D eigenvalue weighted by molar-refractivity contribution is 0.200. The van der Waals surface area contributed by atoms with Crippen molar-refractivity contribution in [1.82, 2.24) is 0 Å². The lowest BCUT2D eigenvalue weighted by Gasteiger charge is -2.17. The van der Waals surface area contributed by atoms with Crippen LogP contribution >= 0.6 is 24.5 Å². The van der Waals surface area contributed by atoms with Crippen LogP contribution in [0.25, 0.3) is 0 Å². The zero-order valence-electron chi connectivity index (χ0n) is 11.6. The molecule has 19 heavy (non-hydrogen) atoms. The van der Waals surface area contributed by atoms with Crippen LogP contribution in [-0.4, -0.2) is 13.2 Å². The minimum atomic E-state index is -1.31.